The van der Waals surface area contributed by atoms with Gasteiger partial charge in [-0.3, -0.25) is 4.79 Å². The van der Waals surface area contributed by atoms with Crippen molar-refractivity contribution < 1.29 is 17.7 Å². The molecular formula is C15H19N3O4S. The number of hydrogen-bond donors (Lipinski definition) is 1. The predicted molar refractivity (Wildman–Crippen MR) is 83.5 cm³/mol. The minimum absolute atomic E-state index is 0.146. The van der Waals surface area contributed by atoms with Gasteiger partial charge < -0.3 is 9.84 Å². The number of sulfone groups is 1. The highest BCUT2D eigenvalue weighted by Crippen LogP contribution is 2.15. The zero-order valence-corrected chi connectivity index (χ0v) is 14.1. The number of carbonyl (C=O) groups is 1. The van der Waals surface area contributed by atoms with E-state index in [2.05, 4.69) is 15.5 Å². The molecular weight excluding hydrogens is 318 g/mol. The Hall–Kier alpha value is -2.22. The van der Waals surface area contributed by atoms with Crippen LogP contribution in [0.1, 0.15) is 36.7 Å². The molecule has 0 fully saturated rings. The number of carbonyl (C=O) groups excluding carboxylic acids is 1. The molecule has 0 aliphatic heterocycles. The molecule has 0 saturated carbocycles. The van der Waals surface area contributed by atoms with Gasteiger partial charge in [0.2, 0.25) is 11.8 Å². The first-order valence-electron chi connectivity index (χ1n) is 7.18. The molecule has 0 radical (unpaired) electrons. The van der Waals surface area contributed by atoms with Crippen LogP contribution in [0.5, 0.6) is 0 Å². The molecule has 124 valence electrons. The summed E-state index contributed by atoms with van der Waals surface area (Å²) in [5.74, 6) is 0.703. The Kier molecular flexibility index (Phi) is 5.15. The summed E-state index contributed by atoms with van der Waals surface area (Å²) in [6.07, 6.45) is 1.92. The number of nitrogens with zero attached hydrogens (tertiary/aromatic N) is 2. The van der Waals surface area contributed by atoms with Crippen LogP contribution in [0.3, 0.4) is 0 Å². The fraction of sp³-hybridized carbons (Fsp3) is 0.400. The average molecular weight is 337 g/mol. The third-order valence-electron chi connectivity index (χ3n) is 3.30. The van der Waals surface area contributed by atoms with Gasteiger partial charge in [-0.25, -0.2) is 8.42 Å². The van der Waals surface area contributed by atoms with Crippen LogP contribution in [-0.4, -0.2) is 30.7 Å². The highest BCUT2D eigenvalue weighted by Gasteiger charge is 2.19. The Labute approximate surface area is 135 Å². The smallest absolute Gasteiger partial charge is 0.249 e. The van der Waals surface area contributed by atoms with Crippen molar-refractivity contribution in [3.8, 4) is 0 Å². The molecule has 2 aromatic rings. The highest BCUT2D eigenvalue weighted by molar-refractivity contribution is 7.90. The van der Waals surface area contributed by atoms with E-state index in [1.807, 2.05) is 6.92 Å². The van der Waals surface area contributed by atoms with Crippen LogP contribution in [0.15, 0.2) is 33.7 Å². The van der Waals surface area contributed by atoms with Crippen LogP contribution >= 0.6 is 0 Å². The Balaban J connectivity index is 2.01. The highest BCUT2D eigenvalue weighted by atomic mass is 32.2. The average Bonchev–Trinajstić information content (AvgIpc) is 2.91. The molecule has 1 heterocycles. The Morgan fingerprint density at radius 2 is 1.96 bits per heavy atom. The number of rotatable bonds is 6. The SMILES string of the molecule is CCC(NC(=O)Cc1ccc(S(C)(=O)=O)cc1)c1nc(C)no1. The maximum atomic E-state index is 12.1. The van der Waals surface area contributed by atoms with Crippen molar-refractivity contribution in [2.75, 3.05) is 6.26 Å². The summed E-state index contributed by atoms with van der Waals surface area (Å²) in [5, 5.41) is 6.55. The quantitative estimate of drug-likeness (QED) is 0.859. The van der Waals surface area contributed by atoms with E-state index in [1.54, 1.807) is 19.1 Å². The van der Waals surface area contributed by atoms with Gasteiger partial charge in [0.05, 0.1) is 11.3 Å². The lowest BCUT2D eigenvalue weighted by Gasteiger charge is -2.12. The normalized spacial score (nSPS) is 12.8. The molecule has 1 atom stereocenters. The molecule has 0 aliphatic carbocycles. The lowest BCUT2D eigenvalue weighted by molar-refractivity contribution is -0.121. The summed E-state index contributed by atoms with van der Waals surface area (Å²) >= 11 is 0. The molecule has 1 aromatic carbocycles. The van der Waals surface area contributed by atoms with E-state index in [0.717, 1.165) is 11.8 Å². The van der Waals surface area contributed by atoms with E-state index in [0.29, 0.717) is 18.1 Å². The Bertz CT molecular complexity index is 781. The maximum absolute atomic E-state index is 12.1. The van der Waals surface area contributed by atoms with Gasteiger partial charge in [0, 0.05) is 6.26 Å². The summed E-state index contributed by atoms with van der Waals surface area (Å²) in [4.78, 5) is 16.5. The monoisotopic (exact) mass is 337 g/mol. The molecule has 1 aromatic heterocycles. The standard InChI is InChI=1S/C15H19N3O4S/c1-4-13(15-16-10(2)18-22-15)17-14(19)9-11-5-7-12(8-6-11)23(3,20)21/h5-8,13H,4,9H2,1-3H3,(H,17,19). The molecule has 0 saturated heterocycles. The summed E-state index contributed by atoms with van der Waals surface area (Å²) in [7, 11) is -3.23. The van der Waals surface area contributed by atoms with Gasteiger partial charge in [-0.2, -0.15) is 4.98 Å². The lowest BCUT2D eigenvalue weighted by atomic mass is 10.1. The summed E-state index contributed by atoms with van der Waals surface area (Å²) in [5.41, 5.74) is 0.728. The second kappa shape index (κ2) is 6.91. The molecule has 7 nitrogen and oxygen atoms in total. The van der Waals surface area contributed by atoms with Gasteiger partial charge in [-0.15, -0.1) is 0 Å². The van der Waals surface area contributed by atoms with Crippen LogP contribution in [0.2, 0.25) is 0 Å². The van der Waals surface area contributed by atoms with E-state index in [-0.39, 0.29) is 23.3 Å². The maximum Gasteiger partial charge on any atom is 0.249 e. The lowest BCUT2D eigenvalue weighted by Crippen LogP contribution is -2.29. The Morgan fingerprint density at radius 1 is 1.30 bits per heavy atom. The molecule has 0 bridgehead atoms. The van der Waals surface area contributed by atoms with Gasteiger partial charge >= 0.3 is 0 Å². The number of hydrogen-bond acceptors (Lipinski definition) is 6. The van der Waals surface area contributed by atoms with E-state index in [9.17, 15) is 13.2 Å². The number of amides is 1. The number of aryl methyl sites for hydroxylation is 1. The van der Waals surface area contributed by atoms with E-state index in [1.165, 1.54) is 12.1 Å². The minimum atomic E-state index is -3.23. The molecule has 23 heavy (non-hydrogen) atoms. The van der Waals surface area contributed by atoms with Crippen LogP contribution < -0.4 is 5.32 Å². The predicted octanol–water partition coefficient (Wildman–Crippen LogP) is 1.59. The van der Waals surface area contributed by atoms with Crippen molar-refractivity contribution in [3.05, 3.63) is 41.5 Å². The summed E-state index contributed by atoms with van der Waals surface area (Å²) < 4.78 is 27.9. The van der Waals surface area contributed by atoms with Crippen LogP contribution in [0.25, 0.3) is 0 Å². The second-order valence-electron chi connectivity index (χ2n) is 5.30. The van der Waals surface area contributed by atoms with Gasteiger partial charge in [0.25, 0.3) is 0 Å². The zero-order valence-electron chi connectivity index (χ0n) is 13.2. The topological polar surface area (TPSA) is 102 Å². The number of aromatic nitrogens is 2. The van der Waals surface area contributed by atoms with Gasteiger partial charge in [0.15, 0.2) is 15.7 Å². The van der Waals surface area contributed by atoms with Gasteiger partial charge in [-0.1, -0.05) is 24.2 Å². The fourth-order valence-electron chi connectivity index (χ4n) is 2.08. The third-order valence-corrected chi connectivity index (χ3v) is 4.43. The fourth-order valence-corrected chi connectivity index (χ4v) is 2.71. The largest absolute Gasteiger partial charge is 0.344 e. The minimum Gasteiger partial charge on any atom is -0.344 e. The van der Waals surface area contributed by atoms with Crippen molar-refractivity contribution in [2.24, 2.45) is 0 Å². The molecule has 1 amide bonds. The molecule has 0 spiro atoms. The van der Waals surface area contributed by atoms with Crippen molar-refractivity contribution in [1.82, 2.24) is 15.5 Å². The molecule has 2 rings (SSSR count). The van der Waals surface area contributed by atoms with E-state index >= 15 is 0 Å². The van der Waals surface area contributed by atoms with Crippen LogP contribution in [0, 0.1) is 6.92 Å². The summed E-state index contributed by atoms with van der Waals surface area (Å²) in [6, 6.07) is 5.92. The van der Waals surface area contributed by atoms with Gasteiger partial charge in [0.1, 0.15) is 6.04 Å². The van der Waals surface area contributed by atoms with E-state index in [4.69, 9.17) is 4.52 Å². The third kappa shape index (κ3) is 4.62. The molecule has 1 unspecified atom stereocenters. The van der Waals surface area contributed by atoms with Gasteiger partial charge in [-0.05, 0) is 31.0 Å². The zero-order chi connectivity index (χ0) is 17.0. The van der Waals surface area contributed by atoms with Crippen LogP contribution in [-0.2, 0) is 21.1 Å². The first-order valence-corrected chi connectivity index (χ1v) is 9.07. The van der Waals surface area contributed by atoms with Crippen molar-refractivity contribution in [2.45, 2.75) is 37.6 Å². The first-order chi connectivity index (χ1) is 10.8. The first kappa shape index (κ1) is 17.1. The number of nitrogens with one attached hydrogen (secondary N) is 1. The molecule has 1 N–H and O–H groups in total. The van der Waals surface area contributed by atoms with Crippen molar-refractivity contribution in [3.63, 3.8) is 0 Å². The summed E-state index contributed by atoms with van der Waals surface area (Å²) in [6.45, 7) is 3.62. The Morgan fingerprint density at radius 3 is 2.43 bits per heavy atom. The van der Waals surface area contributed by atoms with E-state index < -0.39 is 9.84 Å². The van der Waals surface area contributed by atoms with Crippen molar-refractivity contribution in [1.29, 1.82) is 0 Å². The molecule has 0 aliphatic rings. The molecule has 8 heteroatoms. The second-order valence-corrected chi connectivity index (χ2v) is 7.32. The number of benzene rings is 1. The van der Waals surface area contributed by atoms with Crippen LogP contribution in [0.4, 0.5) is 0 Å². The van der Waals surface area contributed by atoms with Crippen molar-refractivity contribution >= 4 is 15.7 Å².